The van der Waals surface area contributed by atoms with Crippen molar-refractivity contribution in [1.29, 1.82) is 0 Å². The van der Waals surface area contributed by atoms with Gasteiger partial charge in [-0.15, -0.1) is 0 Å². The van der Waals surface area contributed by atoms with Crippen LogP contribution in [0.4, 0.5) is 0 Å². The molecule has 1 aromatic rings. The predicted octanol–water partition coefficient (Wildman–Crippen LogP) is 0.587. The van der Waals surface area contributed by atoms with E-state index in [4.69, 9.17) is 5.73 Å². The normalized spacial score (nSPS) is 10.4. The van der Waals surface area contributed by atoms with Crippen molar-refractivity contribution in [3.05, 3.63) is 17.5 Å². The number of carbonyl (C=O) groups excluding carboxylic acids is 1. The zero-order valence-electron chi connectivity index (χ0n) is 9.99. The number of nitrogens with one attached hydrogen (secondary N) is 1. The van der Waals surface area contributed by atoms with E-state index < -0.39 is 0 Å². The lowest BCUT2D eigenvalue weighted by molar-refractivity contribution is 0.0952. The Morgan fingerprint density at radius 1 is 1.50 bits per heavy atom. The molecule has 0 saturated heterocycles. The second-order valence-electron chi connectivity index (χ2n) is 3.87. The van der Waals surface area contributed by atoms with Gasteiger partial charge in [0.1, 0.15) is 0 Å². The van der Waals surface area contributed by atoms with Crippen LogP contribution in [0.1, 0.15) is 35.3 Å². The first-order valence-corrected chi connectivity index (χ1v) is 5.63. The van der Waals surface area contributed by atoms with Gasteiger partial charge in [0.25, 0.3) is 5.91 Å². The Morgan fingerprint density at radius 3 is 2.81 bits per heavy atom. The molecule has 3 N–H and O–H groups in total. The van der Waals surface area contributed by atoms with Gasteiger partial charge in [0.05, 0.1) is 11.8 Å². The summed E-state index contributed by atoms with van der Waals surface area (Å²) in [6.45, 7) is 3.30. The molecule has 0 radical (unpaired) electrons. The van der Waals surface area contributed by atoms with Crippen LogP contribution < -0.4 is 11.1 Å². The SMILES string of the molecule is Cc1c(C(=O)NCCCCCN)cnn1C. The third-order valence-electron chi connectivity index (χ3n) is 2.65. The monoisotopic (exact) mass is 224 g/mol. The minimum absolute atomic E-state index is 0.0432. The summed E-state index contributed by atoms with van der Waals surface area (Å²) in [4.78, 5) is 11.7. The fourth-order valence-electron chi connectivity index (χ4n) is 1.46. The summed E-state index contributed by atoms with van der Waals surface area (Å²) in [5, 5.41) is 6.91. The van der Waals surface area contributed by atoms with Crippen LogP contribution in [0, 0.1) is 6.92 Å². The molecule has 0 aliphatic heterocycles. The van der Waals surface area contributed by atoms with Crippen molar-refractivity contribution in [1.82, 2.24) is 15.1 Å². The van der Waals surface area contributed by atoms with E-state index in [1.165, 1.54) is 0 Å². The first kappa shape index (κ1) is 12.7. The van der Waals surface area contributed by atoms with Crippen LogP contribution in [0.3, 0.4) is 0 Å². The van der Waals surface area contributed by atoms with Gasteiger partial charge in [0.15, 0.2) is 0 Å². The molecule has 5 heteroatoms. The first-order chi connectivity index (χ1) is 7.66. The van der Waals surface area contributed by atoms with E-state index in [0.717, 1.165) is 31.5 Å². The number of hydrogen-bond donors (Lipinski definition) is 2. The van der Waals surface area contributed by atoms with Gasteiger partial charge in [-0.3, -0.25) is 9.48 Å². The largest absolute Gasteiger partial charge is 0.352 e. The molecule has 1 rings (SSSR count). The summed E-state index contributed by atoms with van der Waals surface area (Å²) in [5.74, 6) is -0.0432. The Hall–Kier alpha value is -1.36. The molecule has 0 aliphatic carbocycles. The van der Waals surface area contributed by atoms with E-state index in [9.17, 15) is 4.79 Å². The number of aryl methyl sites for hydroxylation is 1. The molecule has 1 amide bonds. The molecule has 0 saturated carbocycles. The zero-order valence-corrected chi connectivity index (χ0v) is 9.99. The third kappa shape index (κ3) is 3.34. The number of aromatic nitrogens is 2. The summed E-state index contributed by atoms with van der Waals surface area (Å²) in [5.41, 5.74) is 6.93. The summed E-state index contributed by atoms with van der Waals surface area (Å²) >= 11 is 0. The number of nitrogens with zero attached hydrogens (tertiary/aromatic N) is 2. The third-order valence-corrected chi connectivity index (χ3v) is 2.65. The summed E-state index contributed by atoms with van der Waals surface area (Å²) in [6, 6.07) is 0. The highest BCUT2D eigenvalue weighted by Gasteiger charge is 2.11. The van der Waals surface area contributed by atoms with Crippen LogP contribution in [0.2, 0.25) is 0 Å². The molecule has 0 unspecified atom stereocenters. The number of hydrogen-bond acceptors (Lipinski definition) is 3. The fourth-order valence-corrected chi connectivity index (χ4v) is 1.46. The highest BCUT2D eigenvalue weighted by molar-refractivity contribution is 5.94. The maximum absolute atomic E-state index is 11.7. The lowest BCUT2D eigenvalue weighted by Gasteiger charge is -2.04. The second-order valence-corrected chi connectivity index (χ2v) is 3.87. The van der Waals surface area contributed by atoms with Crippen molar-refractivity contribution >= 4 is 5.91 Å². The topological polar surface area (TPSA) is 72.9 Å². The fraction of sp³-hybridized carbons (Fsp3) is 0.636. The van der Waals surface area contributed by atoms with Gasteiger partial charge < -0.3 is 11.1 Å². The van der Waals surface area contributed by atoms with Gasteiger partial charge in [-0.05, 0) is 26.3 Å². The lowest BCUT2D eigenvalue weighted by Crippen LogP contribution is -2.25. The molecule has 1 aromatic heterocycles. The van der Waals surface area contributed by atoms with E-state index in [1.54, 1.807) is 10.9 Å². The van der Waals surface area contributed by atoms with Gasteiger partial charge in [0, 0.05) is 19.3 Å². The van der Waals surface area contributed by atoms with Gasteiger partial charge in [-0.25, -0.2) is 0 Å². The van der Waals surface area contributed by atoms with Crippen LogP contribution in [0.15, 0.2) is 6.20 Å². The minimum Gasteiger partial charge on any atom is -0.352 e. The number of nitrogens with two attached hydrogens (primary N) is 1. The smallest absolute Gasteiger partial charge is 0.254 e. The van der Waals surface area contributed by atoms with E-state index in [2.05, 4.69) is 10.4 Å². The maximum Gasteiger partial charge on any atom is 0.254 e. The van der Waals surface area contributed by atoms with Crippen LogP contribution in [-0.4, -0.2) is 28.8 Å². The minimum atomic E-state index is -0.0432. The van der Waals surface area contributed by atoms with Gasteiger partial charge in [-0.1, -0.05) is 6.42 Å². The molecular weight excluding hydrogens is 204 g/mol. The Morgan fingerprint density at radius 2 is 2.25 bits per heavy atom. The van der Waals surface area contributed by atoms with Crippen LogP contribution in [0.25, 0.3) is 0 Å². The number of unbranched alkanes of at least 4 members (excludes halogenated alkanes) is 2. The Bertz CT molecular complexity index is 346. The maximum atomic E-state index is 11.7. The van der Waals surface area contributed by atoms with Gasteiger partial charge >= 0.3 is 0 Å². The summed E-state index contributed by atoms with van der Waals surface area (Å²) in [7, 11) is 1.83. The Balaban J connectivity index is 2.33. The van der Waals surface area contributed by atoms with Crippen LogP contribution in [0.5, 0.6) is 0 Å². The average molecular weight is 224 g/mol. The molecule has 16 heavy (non-hydrogen) atoms. The van der Waals surface area contributed by atoms with Crippen LogP contribution in [-0.2, 0) is 7.05 Å². The molecule has 1 heterocycles. The van der Waals surface area contributed by atoms with Gasteiger partial charge in [-0.2, -0.15) is 5.10 Å². The molecule has 5 nitrogen and oxygen atoms in total. The van der Waals surface area contributed by atoms with Crippen molar-refractivity contribution in [2.45, 2.75) is 26.2 Å². The van der Waals surface area contributed by atoms with Crippen molar-refractivity contribution in [3.8, 4) is 0 Å². The average Bonchev–Trinajstić information content (AvgIpc) is 2.59. The number of carbonyl (C=O) groups is 1. The highest BCUT2D eigenvalue weighted by Crippen LogP contribution is 2.05. The molecule has 0 atom stereocenters. The van der Waals surface area contributed by atoms with Crippen molar-refractivity contribution in [2.75, 3.05) is 13.1 Å². The number of amides is 1. The summed E-state index contributed by atoms with van der Waals surface area (Å²) in [6.07, 6.45) is 4.65. The Kier molecular flexibility index (Phi) is 4.98. The van der Waals surface area contributed by atoms with E-state index in [1.807, 2.05) is 14.0 Å². The van der Waals surface area contributed by atoms with Crippen molar-refractivity contribution in [3.63, 3.8) is 0 Å². The van der Waals surface area contributed by atoms with Gasteiger partial charge in [0.2, 0.25) is 0 Å². The molecular formula is C11H20N4O. The molecule has 90 valence electrons. The molecule has 0 fully saturated rings. The zero-order chi connectivity index (χ0) is 12.0. The lowest BCUT2D eigenvalue weighted by atomic mass is 10.2. The van der Waals surface area contributed by atoms with Crippen molar-refractivity contribution < 1.29 is 4.79 Å². The highest BCUT2D eigenvalue weighted by atomic mass is 16.1. The first-order valence-electron chi connectivity index (χ1n) is 5.63. The molecule has 0 spiro atoms. The van der Waals surface area contributed by atoms with E-state index >= 15 is 0 Å². The molecule has 0 aliphatic rings. The second kappa shape index (κ2) is 6.27. The summed E-state index contributed by atoms with van der Waals surface area (Å²) < 4.78 is 1.70. The van der Waals surface area contributed by atoms with Crippen LogP contribution >= 0.6 is 0 Å². The standard InChI is InChI=1S/C11H20N4O/c1-9-10(8-14-15(9)2)11(16)13-7-5-3-4-6-12/h8H,3-7,12H2,1-2H3,(H,13,16). The molecule has 0 bridgehead atoms. The predicted molar refractivity (Wildman–Crippen MR) is 63.2 cm³/mol. The Labute approximate surface area is 96.0 Å². The quantitative estimate of drug-likeness (QED) is 0.694. The van der Waals surface area contributed by atoms with E-state index in [-0.39, 0.29) is 5.91 Å². The number of rotatable bonds is 6. The molecule has 0 aromatic carbocycles. The van der Waals surface area contributed by atoms with Crippen molar-refractivity contribution in [2.24, 2.45) is 12.8 Å². The van der Waals surface area contributed by atoms with E-state index in [0.29, 0.717) is 12.1 Å².